The van der Waals surface area contributed by atoms with E-state index in [4.69, 9.17) is 0 Å². The molecule has 1 saturated heterocycles. The maximum absolute atomic E-state index is 12.1. The average Bonchev–Trinajstić information content (AvgIpc) is 2.84. The Morgan fingerprint density at radius 1 is 1.59 bits per heavy atom. The highest BCUT2D eigenvalue weighted by Gasteiger charge is 2.35. The van der Waals surface area contributed by atoms with Gasteiger partial charge in [-0.3, -0.25) is 0 Å². The van der Waals surface area contributed by atoms with Crippen molar-refractivity contribution in [2.45, 2.75) is 39.2 Å². The van der Waals surface area contributed by atoms with E-state index in [1.165, 1.54) is 0 Å². The lowest BCUT2D eigenvalue weighted by atomic mass is 10.2. The Labute approximate surface area is 102 Å². The molecular formula is C11H19N3O2S. The summed E-state index contributed by atoms with van der Waals surface area (Å²) in [5, 5.41) is 0. The first-order valence-electron chi connectivity index (χ1n) is 6.05. The monoisotopic (exact) mass is 257 g/mol. The molecule has 0 aromatic carbocycles. The zero-order valence-corrected chi connectivity index (χ0v) is 11.1. The molecule has 0 radical (unpaired) electrons. The van der Waals surface area contributed by atoms with Gasteiger partial charge in [-0.15, -0.1) is 0 Å². The Morgan fingerprint density at radius 2 is 2.35 bits per heavy atom. The number of imidazole rings is 1. The smallest absolute Gasteiger partial charge is 0.214 e. The molecule has 5 nitrogen and oxygen atoms in total. The summed E-state index contributed by atoms with van der Waals surface area (Å²) in [5.74, 6) is 1.00. The summed E-state index contributed by atoms with van der Waals surface area (Å²) < 4.78 is 25.8. The molecule has 1 aliphatic rings. The van der Waals surface area contributed by atoms with Gasteiger partial charge in [0.05, 0.1) is 11.8 Å². The fraction of sp³-hybridized carbons (Fsp3) is 0.727. The summed E-state index contributed by atoms with van der Waals surface area (Å²) in [5.41, 5.74) is 0.972. The number of hydrogen-bond donors (Lipinski definition) is 1. The van der Waals surface area contributed by atoms with Crippen molar-refractivity contribution in [1.29, 1.82) is 0 Å². The van der Waals surface area contributed by atoms with E-state index < -0.39 is 10.0 Å². The molecule has 1 aromatic rings. The van der Waals surface area contributed by atoms with Gasteiger partial charge >= 0.3 is 0 Å². The number of aromatic amines is 1. The number of H-pyrrole nitrogens is 1. The van der Waals surface area contributed by atoms with Crippen LogP contribution in [0.25, 0.3) is 0 Å². The minimum absolute atomic E-state index is 0.0970. The Morgan fingerprint density at radius 3 is 2.94 bits per heavy atom. The van der Waals surface area contributed by atoms with Crippen molar-refractivity contribution >= 4 is 10.0 Å². The van der Waals surface area contributed by atoms with E-state index in [0.29, 0.717) is 13.0 Å². The predicted molar refractivity (Wildman–Crippen MR) is 66.1 cm³/mol. The largest absolute Gasteiger partial charge is 0.345 e. The number of nitrogens with zero attached hydrogens (tertiary/aromatic N) is 2. The van der Waals surface area contributed by atoms with Crippen LogP contribution in [0.5, 0.6) is 0 Å². The Hall–Kier alpha value is -0.880. The SMILES string of the molecule is CCCS(=O)(=O)N1CCC[C@@H]1c1ncc(C)[nH]1. The Kier molecular flexibility index (Phi) is 3.53. The van der Waals surface area contributed by atoms with Gasteiger partial charge in [0.2, 0.25) is 10.0 Å². The predicted octanol–water partition coefficient (Wildman–Crippen LogP) is 1.59. The van der Waals surface area contributed by atoms with Gasteiger partial charge in [-0.05, 0) is 26.2 Å². The van der Waals surface area contributed by atoms with Gasteiger partial charge < -0.3 is 4.98 Å². The molecule has 96 valence electrons. The van der Waals surface area contributed by atoms with Crippen LogP contribution in [0, 0.1) is 6.92 Å². The van der Waals surface area contributed by atoms with Crippen LogP contribution >= 0.6 is 0 Å². The molecule has 0 unspecified atom stereocenters. The third kappa shape index (κ3) is 2.52. The standard InChI is InChI=1S/C11H19N3O2S/c1-3-7-17(15,16)14-6-4-5-10(14)11-12-8-9(2)13-11/h8,10H,3-7H2,1-2H3,(H,12,13)/t10-/m1/s1. The highest BCUT2D eigenvalue weighted by Crippen LogP contribution is 2.32. The number of nitrogens with one attached hydrogen (secondary N) is 1. The second-order valence-corrected chi connectivity index (χ2v) is 6.58. The van der Waals surface area contributed by atoms with Gasteiger partial charge in [-0.25, -0.2) is 13.4 Å². The van der Waals surface area contributed by atoms with Crippen LogP contribution in [0.2, 0.25) is 0 Å². The van der Waals surface area contributed by atoms with Crippen molar-refractivity contribution in [3.63, 3.8) is 0 Å². The molecule has 0 spiro atoms. The van der Waals surface area contributed by atoms with E-state index in [2.05, 4.69) is 9.97 Å². The average molecular weight is 257 g/mol. The molecule has 17 heavy (non-hydrogen) atoms. The van der Waals surface area contributed by atoms with Crippen molar-refractivity contribution in [1.82, 2.24) is 14.3 Å². The van der Waals surface area contributed by atoms with Crippen molar-refractivity contribution in [2.24, 2.45) is 0 Å². The van der Waals surface area contributed by atoms with E-state index in [1.807, 2.05) is 13.8 Å². The quantitative estimate of drug-likeness (QED) is 0.891. The van der Waals surface area contributed by atoms with Gasteiger partial charge in [0.1, 0.15) is 5.82 Å². The van der Waals surface area contributed by atoms with E-state index in [9.17, 15) is 8.42 Å². The first-order valence-corrected chi connectivity index (χ1v) is 7.66. The van der Waals surface area contributed by atoms with Crippen LogP contribution in [-0.2, 0) is 10.0 Å². The van der Waals surface area contributed by atoms with Crippen LogP contribution in [0.3, 0.4) is 0 Å². The number of sulfonamides is 1. The maximum Gasteiger partial charge on any atom is 0.214 e. The molecule has 0 amide bonds. The Balaban J connectivity index is 2.24. The van der Waals surface area contributed by atoms with Gasteiger partial charge in [0.15, 0.2) is 0 Å². The maximum atomic E-state index is 12.1. The first-order chi connectivity index (χ1) is 8.04. The van der Waals surface area contributed by atoms with Crippen LogP contribution < -0.4 is 0 Å². The second-order valence-electron chi connectivity index (χ2n) is 4.54. The van der Waals surface area contributed by atoms with E-state index in [0.717, 1.165) is 24.4 Å². The highest BCUT2D eigenvalue weighted by molar-refractivity contribution is 7.89. The highest BCUT2D eigenvalue weighted by atomic mass is 32.2. The lowest BCUT2D eigenvalue weighted by Gasteiger charge is -2.22. The third-order valence-electron chi connectivity index (χ3n) is 3.06. The first kappa shape index (κ1) is 12.6. The number of rotatable bonds is 4. The molecule has 2 heterocycles. The molecule has 0 saturated carbocycles. The van der Waals surface area contributed by atoms with Crippen LogP contribution in [0.15, 0.2) is 6.20 Å². The number of aryl methyl sites for hydroxylation is 1. The zero-order chi connectivity index (χ0) is 12.5. The van der Waals surface area contributed by atoms with E-state index in [-0.39, 0.29) is 11.8 Å². The van der Waals surface area contributed by atoms with Crippen molar-refractivity contribution < 1.29 is 8.42 Å². The normalized spacial score (nSPS) is 22.1. The molecule has 1 N–H and O–H groups in total. The van der Waals surface area contributed by atoms with Gasteiger partial charge in [0.25, 0.3) is 0 Å². The van der Waals surface area contributed by atoms with E-state index in [1.54, 1.807) is 10.5 Å². The lowest BCUT2D eigenvalue weighted by molar-refractivity contribution is 0.384. The molecule has 1 fully saturated rings. The molecule has 6 heteroatoms. The molecule has 1 aliphatic heterocycles. The Bertz CT molecular complexity index is 481. The summed E-state index contributed by atoms with van der Waals surface area (Å²) in [6.45, 7) is 4.43. The molecule has 0 bridgehead atoms. The van der Waals surface area contributed by atoms with Crippen LogP contribution in [-0.4, -0.2) is 35.0 Å². The third-order valence-corrected chi connectivity index (χ3v) is 5.14. The van der Waals surface area contributed by atoms with Gasteiger partial charge in [0, 0.05) is 18.4 Å². The summed E-state index contributed by atoms with van der Waals surface area (Å²) in [6.07, 6.45) is 4.17. The molecule has 0 aliphatic carbocycles. The van der Waals surface area contributed by atoms with Crippen LogP contribution in [0.1, 0.15) is 43.7 Å². The molecule has 1 atom stereocenters. The fourth-order valence-electron chi connectivity index (χ4n) is 2.32. The fourth-order valence-corrected chi connectivity index (χ4v) is 4.07. The van der Waals surface area contributed by atoms with Gasteiger partial charge in [-0.1, -0.05) is 6.92 Å². The minimum atomic E-state index is -3.12. The minimum Gasteiger partial charge on any atom is -0.345 e. The second kappa shape index (κ2) is 4.78. The molecule has 1 aromatic heterocycles. The lowest BCUT2D eigenvalue weighted by Crippen LogP contribution is -2.32. The zero-order valence-electron chi connectivity index (χ0n) is 10.3. The number of aromatic nitrogens is 2. The summed E-state index contributed by atoms with van der Waals surface area (Å²) >= 11 is 0. The summed E-state index contributed by atoms with van der Waals surface area (Å²) in [6, 6.07) is -0.0970. The molecular weight excluding hydrogens is 238 g/mol. The number of hydrogen-bond acceptors (Lipinski definition) is 3. The topological polar surface area (TPSA) is 66.1 Å². The molecule has 2 rings (SSSR count). The summed E-state index contributed by atoms with van der Waals surface area (Å²) in [4.78, 5) is 7.40. The van der Waals surface area contributed by atoms with Crippen LogP contribution in [0.4, 0.5) is 0 Å². The van der Waals surface area contributed by atoms with Crippen molar-refractivity contribution in [3.8, 4) is 0 Å². The van der Waals surface area contributed by atoms with Gasteiger partial charge in [-0.2, -0.15) is 4.31 Å². The van der Waals surface area contributed by atoms with E-state index >= 15 is 0 Å². The van der Waals surface area contributed by atoms with Crippen molar-refractivity contribution in [3.05, 3.63) is 17.7 Å². The summed E-state index contributed by atoms with van der Waals surface area (Å²) in [7, 11) is -3.12. The van der Waals surface area contributed by atoms with Crippen molar-refractivity contribution in [2.75, 3.05) is 12.3 Å².